The number of methoxy groups -OCH3 is 1. The number of benzene rings is 2. The van der Waals surface area contributed by atoms with Gasteiger partial charge in [0.15, 0.2) is 0 Å². The lowest BCUT2D eigenvalue weighted by Crippen LogP contribution is -2.38. The fourth-order valence-corrected chi connectivity index (χ4v) is 3.41. The molecule has 4 nitrogen and oxygen atoms in total. The Morgan fingerprint density at radius 3 is 2.32 bits per heavy atom. The van der Waals surface area contributed by atoms with Gasteiger partial charge in [-0.1, -0.05) is 24.3 Å². The van der Waals surface area contributed by atoms with Crippen LogP contribution in [0, 0.1) is 0 Å². The Morgan fingerprint density at radius 1 is 1.08 bits per heavy atom. The maximum atomic E-state index is 12.5. The molecular weight excluding hydrogens is 314 g/mol. The zero-order valence-corrected chi connectivity index (χ0v) is 14.6. The second-order valence-electron chi connectivity index (χ2n) is 6.59. The molecule has 1 aliphatic rings. The minimum absolute atomic E-state index is 0.236. The number of hydrogen-bond donors (Lipinski definition) is 1. The Balaban J connectivity index is 1.47. The van der Waals surface area contributed by atoms with Crippen LogP contribution in [-0.2, 0) is 11.2 Å². The molecule has 132 valence electrons. The van der Waals surface area contributed by atoms with Gasteiger partial charge in [-0.05, 0) is 60.6 Å². The van der Waals surface area contributed by atoms with Crippen molar-refractivity contribution in [1.29, 1.82) is 0 Å². The number of hydrogen-bond acceptors (Lipinski definition) is 3. The lowest BCUT2D eigenvalue weighted by molar-refractivity contribution is -0.132. The molecule has 0 spiro atoms. The minimum Gasteiger partial charge on any atom is -0.508 e. The smallest absolute Gasteiger partial charge is 0.222 e. The van der Waals surface area contributed by atoms with Crippen molar-refractivity contribution in [3.05, 3.63) is 59.7 Å². The summed E-state index contributed by atoms with van der Waals surface area (Å²) in [7, 11) is 1.65. The first-order valence-corrected chi connectivity index (χ1v) is 8.85. The number of rotatable bonds is 5. The fourth-order valence-electron chi connectivity index (χ4n) is 3.41. The molecule has 2 aromatic rings. The molecule has 2 aromatic carbocycles. The average molecular weight is 339 g/mol. The summed E-state index contributed by atoms with van der Waals surface area (Å²) in [5, 5.41) is 9.39. The molecule has 0 saturated carbocycles. The molecule has 0 aliphatic carbocycles. The molecule has 1 N–H and O–H groups in total. The number of phenolic OH excluding ortho intramolecular Hbond substituents is 1. The lowest BCUT2D eigenvalue weighted by atomic mass is 9.89. The van der Waals surface area contributed by atoms with E-state index in [1.54, 1.807) is 19.2 Å². The van der Waals surface area contributed by atoms with Gasteiger partial charge in [-0.25, -0.2) is 0 Å². The van der Waals surface area contributed by atoms with Gasteiger partial charge in [0.2, 0.25) is 5.91 Å². The normalized spacial score (nSPS) is 15.2. The summed E-state index contributed by atoms with van der Waals surface area (Å²) in [6, 6.07) is 15.4. The van der Waals surface area contributed by atoms with Crippen LogP contribution in [0.15, 0.2) is 48.5 Å². The Morgan fingerprint density at radius 2 is 1.72 bits per heavy atom. The van der Waals surface area contributed by atoms with Crippen LogP contribution in [0.25, 0.3) is 0 Å². The Bertz CT molecular complexity index is 686. The standard InChI is InChI=1S/C21H25NO3/c1-25-20-9-2-16(3-10-20)4-11-21(24)22-14-12-18(13-15-22)17-5-7-19(23)8-6-17/h2-3,5-10,18,23H,4,11-15H2,1H3. The van der Waals surface area contributed by atoms with Crippen molar-refractivity contribution in [2.45, 2.75) is 31.6 Å². The van der Waals surface area contributed by atoms with Crippen LogP contribution >= 0.6 is 0 Å². The molecule has 1 aliphatic heterocycles. The number of piperidine rings is 1. The van der Waals surface area contributed by atoms with Gasteiger partial charge in [0.05, 0.1) is 7.11 Å². The monoisotopic (exact) mass is 339 g/mol. The first-order valence-electron chi connectivity index (χ1n) is 8.85. The highest BCUT2D eigenvalue weighted by atomic mass is 16.5. The van der Waals surface area contributed by atoms with E-state index in [0.717, 1.165) is 43.7 Å². The van der Waals surface area contributed by atoms with Crippen molar-refractivity contribution >= 4 is 5.91 Å². The van der Waals surface area contributed by atoms with Gasteiger partial charge in [0.25, 0.3) is 0 Å². The zero-order valence-electron chi connectivity index (χ0n) is 14.6. The highest BCUT2D eigenvalue weighted by Gasteiger charge is 2.23. The number of amides is 1. The van der Waals surface area contributed by atoms with Crippen molar-refractivity contribution in [2.75, 3.05) is 20.2 Å². The van der Waals surface area contributed by atoms with Crippen molar-refractivity contribution in [1.82, 2.24) is 4.90 Å². The number of likely N-dealkylation sites (tertiary alicyclic amines) is 1. The SMILES string of the molecule is COc1ccc(CCC(=O)N2CCC(c3ccc(O)cc3)CC2)cc1. The van der Waals surface area contributed by atoms with Gasteiger partial charge in [-0.15, -0.1) is 0 Å². The van der Waals surface area contributed by atoms with E-state index in [1.807, 2.05) is 41.3 Å². The van der Waals surface area contributed by atoms with Gasteiger partial charge in [-0.2, -0.15) is 0 Å². The summed E-state index contributed by atoms with van der Waals surface area (Å²) in [6.07, 6.45) is 3.29. The third kappa shape index (κ3) is 4.53. The second kappa shape index (κ2) is 8.06. The predicted molar refractivity (Wildman–Crippen MR) is 98.0 cm³/mol. The van der Waals surface area contributed by atoms with E-state index in [9.17, 15) is 9.90 Å². The van der Waals surface area contributed by atoms with E-state index in [4.69, 9.17) is 4.74 Å². The van der Waals surface area contributed by atoms with E-state index in [-0.39, 0.29) is 5.91 Å². The van der Waals surface area contributed by atoms with Gasteiger partial charge < -0.3 is 14.7 Å². The van der Waals surface area contributed by atoms with E-state index >= 15 is 0 Å². The minimum atomic E-state index is 0.236. The maximum Gasteiger partial charge on any atom is 0.222 e. The van der Waals surface area contributed by atoms with Crippen LogP contribution < -0.4 is 4.74 Å². The molecule has 4 heteroatoms. The third-order valence-corrected chi connectivity index (χ3v) is 5.00. The predicted octanol–water partition coefficient (Wildman–Crippen LogP) is 3.74. The van der Waals surface area contributed by atoms with Gasteiger partial charge in [0, 0.05) is 19.5 Å². The van der Waals surface area contributed by atoms with E-state index in [0.29, 0.717) is 18.1 Å². The molecule has 1 fully saturated rings. The van der Waals surface area contributed by atoms with Crippen molar-refractivity contribution < 1.29 is 14.6 Å². The summed E-state index contributed by atoms with van der Waals surface area (Å²) in [6.45, 7) is 1.62. The summed E-state index contributed by atoms with van der Waals surface area (Å²) >= 11 is 0. The number of aromatic hydroxyl groups is 1. The summed E-state index contributed by atoms with van der Waals surface area (Å²) < 4.78 is 5.15. The number of nitrogens with zero attached hydrogens (tertiary/aromatic N) is 1. The summed E-state index contributed by atoms with van der Waals surface area (Å²) in [5.41, 5.74) is 2.41. The molecule has 0 aromatic heterocycles. The molecule has 0 bridgehead atoms. The van der Waals surface area contributed by atoms with Crippen LogP contribution in [0.1, 0.15) is 36.3 Å². The van der Waals surface area contributed by atoms with Crippen LogP contribution in [0.4, 0.5) is 0 Å². The zero-order chi connectivity index (χ0) is 17.6. The Labute approximate surface area is 149 Å². The third-order valence-electron chi connectivity index (χ3n) is 5.00. The number of phenols is 1. The second-order valence-corrected chi connectivity index (χ2v) is 6.59. The molecule has 1 amide bonds. The topological polar surface area (TPSA) is 49.8 Å². The van der Waals surface area contributed by atoms with Crippen LogP contribution in [0.2, 0.25) is 0 Å². The molecular formula is C21H25NO3. The molecule has 0 radical (unpaired) electrons. The Hall–Kier alpha value is -2.49. The summed E-state index contributed by atoms with van der Waals surface area (Å²) in [5.74, 6) is 1.85. The van der Waals surface area contributed by atoms with Crippen LogP contribution in [0.5, 0.6) is 11.5 Å². The van der Waals surface area contributed by atoms with E-state index in [1.165, 1.54) is 5.56 Å². The first kappa shape index (κ1) is 17.3. The van der Waals surface area contributed by atoms with Gasteiger partial charge >= 0.3 is 0 Å². The van der Waals surface area contributed by atoms with Crippen molar-refractivity contribution in [3.8, 4) is 11.5 Å². The maximum absolute atomic E-state index is 12.5. The van der Waals surface area contributed by atoms with Gasteiger partial charge in [0.1, 0.15) is 11.5 Å². The fraction of sp³-hybridized carbons (Fsp3) is 0.381. The molecule has 1 heterocycles. The van der Waals surface area contributed by atoms with Crippen molar-refractivity contribution in [3.63, 3.8) is 0 Å². The molecule has 0 unspecified atom stereocenters. The molecule has 3 rings (SSSR count). The highest BCUT2D eigenvalue weighted by Crippen LogP contribution is 2.29. The average Bonchev–Trinajstić information content (AvgIpc) is 2.67. The number of ether oxygens (including phenoxy) is 1. The van der Waals surface area contributed by atoms with Crippen molar-refractivity contribution in [2.24, 2.45) is 0 Å². The number of carbonyl (C=O) groups excluding carboxylic acids is 1. The highest BCUT2D eigenvalue weighted by molar-refractivity contribution is 5.76. The molecule has 1 saturated heterocycles. The van der Waals surface area contributed by atoms with E-state index in [2.05, 4.69) is 0 Å². The number of aryl methyl sites for hydroxylation is 1. The largest absolute Gasteiger partial charge is 0.508 e. The Kier molecular flexibility index (Phi) is 5.59. The molecule has 0 atom stereocenters. The first-order chi connectivity index (χ1) is 12.2. The van der Waals surface area contributed by atoms with Crippen LogP contribution in [-0.4, -0.2) is 36.1 Å². The quantitative estimate of drug-likeness (QED) is 0.903. The lowest BCUT2D eigenvalue weighted by Gasteiger charge is -2.32. The molecule has 25 heavy (non-hydrogen) atoms. The summed E-state index contributed by atoms with van der Waals surface area (Å²) in [4.78, 5) is 14.4. The van der Waals surface area contributed by atoms with Crippen LogP contribution in [0.3, 0.4) is 0 Å². The van der Waals surface area contributed by atoms with E-state index < -0.39 is 0 Å². The van der Waals surface area contributed by atoms with Gasteiger partial charge in [-0.3, -0.25) is 4.79 Å². The number of carbonyl (C=O) groups is 1.